The number of hydrogen-bond donors (Lipinski definition) is 1. The Morgan fingerprint density at radius 3 is 2.71 bits per heavy atom. The predicted octanol–water partition coefficient (Wildman–Crippen LogP) is 3.35. The number of allylic oxidation sites excluding steroid dienone is 1. The molecule has 1 heteroatoms. The van der Waals surface area contributed by atoms with Crippen molar-refractivity contribution in [3.05, 3.63) is 47.2 Å². The summed E-state index contributed by atoms with van der Waals surface area (Å²) >= 11 is 0. The molecule has 1 aromatic rings. The molecule has 0 aliphatic carbocycles. The number of hydrogen-bond acceptors (Lipinski definition) is 1. The van der Waals surface area contributed by atoms with Crippen LogP contribution in [0.2, 0.25) is 0 Å². The molecule has 2 N–H and O–H groups in total. The summed E-state index contributed by atoms with van der Waals surface area (Å²) in [5.41, 5.74) is 10.2. The van der Waals surface area contributed by atoms with Crippen LogP contribution in [0, 0.1) is 6.92 Å². The van der Waals surface area contributed by atoms with Crippen molar-refractivity contribution in [2.45, 2.75) is 20.3 Å². The van der Waals surface area contributed by atoms with Gasteiger partial charge in [0.2, 0.25) is 0 Å². The highest BCUT2D eigenvalue weighted by molar-refractivity contribution is 5.66. The lowest BCUT2D eigenvalue weighted by Gasteiger charge is -2.04. The minimum absolute atomic E-state index is 0.879. The molecule has 0 atom stereocenters. The molecular formula is C13H17N. The summed E-state index contributed by atoms with van der Waals surface area (Å²) < 4.78 is 0. The number of rotatable bonds is 3. The highest BCUT2D eigenvalue weighted by Crippen LogP contribution is 2.16. The Kier molecular flexibility index (Phi) is 3.52. The highest BCUT2D eigenvalue weighted by Gasteiger charge is 1.97. The van der Waals surface area contributed by atoms with Crippen LogP contribution < -0.4 is 5.73 Å². The maximum atomic E-state index is 5.79. The summed E-state index contributed by atoms with van der Waals surface area (Å²) in [5.74, 6) is 0. The van der Waals surface area contributed by atoms with Crippen molar-refractivity contribution in [3.8, 4) is 0 Å². The summed E-state index contributed by atoms with van der Waals surface area (Å²) in [6.45, 7) is 7.92. The Morgan fingerprint density at radius 2 is 2.14 bits per heavy atom. The van der Waals surface area contributed by atoms with E-state index in [1.807, 2.05) is 19.1 Å². The lowest BCUT2D eigenvalue weighted by Crippen LogP contribution is -1.95. The van der Waals surface area contributed by atoms with Crippen LogP contribution in [0.5, 0.6) is 0 Å². The zero-order valence-corrected chi connectivity index (χ0v) is 8.88. The maximum Gasteiger partial charge on any atom is 0.00839 e. The Morgan fingerprint density at radius 1 is 1.43 bits per heavy atom. The standard InChI is InChI=1S/C13H17N/c1-4-11-8-10(3)6-7-12(11)9-13(14)5-2/h4,6-9H,1,5,14H2,2-3H3/b13-9+. The van der Waals surface area contributed by atoms with Crippen molar-refractivity contribution in [1.29, 1.82) is 0 Å². The van der Waals surface area contributed by atoms with Gasteiger partial charge in [0.15, 0.2) is 0 Å². The summed E-state index contributed by atoms with van der Waals surface area (Å²) in [4.78, 5) is 0. The highest BCUT2D eigenvalue weighted by atomic mass is 14.6. The van der Waals surface area contributed by atoms with Gasteiger partial charge in [-0.3, -0.25) is 0 Å². The van der Waals surface area contributed by atoms with Crippen molar-refractivity contribution >= 4 is 12.2 Å². The average molecular weight is 187 g/mol. The van der Waals surface area contributed by atoms with Crippen molar-refractivity contribution in [1.82, 2.24) is 0 Å². The topological polar surface area (TPSA) is 26.0 Å². The van der Waals surface area contributed by atoms with Gasteiger partial charge in [0, 0.05) is 5.70 Å². The van der Waals surface area contributed by atoms with E-state index in [2.05, 4.69) is 31.7 Å². The van der Waals surface area contributed by atoms with E-state index in [9.17, 15) is 0 Å². The van der Waals surface area contributed by atoms with Gasteiger partial charge in [-0.2, -0.15) is 0 Å². The quantitative estimate of drug-likeness (QED) is 0.771. The van der Waals surface area contributed by atoms with E-state index < -0.39 is 0 Å². The first-order valence-electron chi connectivity index (χ1n) is 4.86. The molecule has 0 amide bonds. The molecule has 0 spiro atoms. The average Bonchev–Trinajstić information content (AvgIpc) is 2.20. The van der Waals surface area contributed by atoms with Crippen LogP contribution in [0.25, 0.3) is 12.2 Å². The van der Waals surface area contributed by atoms with Gasteiger partial charge in [-0.15, -0.1) is 0 Å². The molecular weight excluding hydrogens is 170 g/mol. The molecule has 1 nitrogen and oxygen atoms in total. The third kappa shape index (κ3) is 2.49. The second-order valence-corrected chi connectivity index (χ2v) is 3.41. The van der Waals surface area contributed by atoms with Gasteiger partial charge in [0.25, 0.3) is 0 Å². The van der Waals surface area contributed by atoms with Crippen molar-refractivity contribution < 1.29 is 0 Å². The van der Waals surface area contributed by atoms with Crippen molar-refractivity contribution in [3.63, 3.8) is 0 Å². The van der Waals surface area contributed by atoms with Crippen LogP contribution in [0.3, 0.4) is 0 Å². The zero-order valence-electron chi connectivity index (χ0n) is 8.88. The molecule has 14 heavy (non-hydrogen) atoms. The van der Waals surface area contributed by atoms with E-state index in [0.29, 0.717) is 0 Å². The second kappa shape index (κ2) is 4.66. The predicted molar refractivity (Wildman–Crippen MR) is 63.7 cm³/mol. The van der Waals surface area contributed by atoms with Crippen LogP contribution in [0.1, 0.15) is 30.0 Å². The van der Waals surface area contributed by atoms with Gasteiger partial charge in [-0.25, -0.2) is 0 Å². The van der Waals surface area contributed by atoms with Gasteiger partial charge in [0.1, 0.15) is 0 Å². The molecule has 0 saturated heterocycles. The van der Waals surface area contributed by atoms with E-state index in [1.165, 1.54) is 5.56 Å². The molecule has 74 valence electrons. The first-order chi connectivity index (χ1) is 6.67. The third-order valence-electron chi connectivity index (χ3n) is 2.21. The Hall–Kier alpha value is -1.50. The first-order valence-corrected chi connectivity index (χ1v) is 4.86. The van der Waals surface area contributed by atoms with Gasteiger partial charge in [-0.05, 0) is 30.5 Å². The Labute approximate surface area is 85.9 Å². The molecule has 0 radical (unpaired) electrons. The largest absolute Gasteiger partial charge is 0.402 e. The molecule has 1 rings (SSSR count). The lowest BCUT2D eigenvalue weighted by molar-refractivity contribution is 1.08. The summed E-state index contributed by atoms with van der Waals surface area (Å²) in [6.07, 6.45) is 4.75. The molecule has 0 aliphatic heterocycles. The molecule has 0 aliphatic rings. The fraction of sp³-hybridized carbons (Fsp3) is 0.231. The number of nitrogens with two attached hydrogens (primary N) is 1. The third-order valence-corrected chi connectivity index (χ3v) is 2.21. The van der Waals surface area contributed by atoms with E-state index in [0.717, 1.165) is 23.2 Å². The summed E-state index contributed by atoms with van der Waals surface area (Å²) in [7, 11) is 0. The maximum absolute atomic E-state index is 5.79. The van der Waals surface area contributed by atoms with Crippen molar-refractivity contribution in [2.75, 3.05) is 0 Å². The fourth-order valence-corrected chi connectivity index (χ4v) is 1.30. The van der Waals surface area contributed by atoms with Crippen molar-refractivity contribution in [2.24, 2.45) is 5.73 Å². The van der Waals surface area contributed by atoms with Crippen LogP contribution >= 0.6 is 0 Å². The van der Waals surface area contributed by atoms with Gasteiger partial charge < -0.3 is 5.73 Å². The van der Waals surface area contributed by atoms with Crippen LogP contribution in [0.15, 0.2) is 30.5 Å². The molecule has 0 fully saturated rings. The molecule has 0 unspecified atom stereocenters. The van der Waals surface area contributed by atoms with Crippen LogP contribution in [0.4, 0.5) is 0 Å². The van der Waals surface area contributed by atoms with E-state index in [1.54, 1.807) is 0 Å². The molecule has 0 aromatic heterocycles. The second-order valence-electron chi connectivity index (χ2n) is 3.41. The Bertz CT molecular complexity index is 361. The molecule has 0 bridgehead atoms. The minimum Gasteiger partial charge on any atom is -0.402 e. The fourth-order valence-electron chi connectivity index (χ4n) is 1.30. The lowest BCUT2D eigenvalue weighted by atomic mass is 10.0. The zero-order chi connectivity index (χ0) is 10.6. The van der Waals surface area contributed by atoms with Crippen LogP contribution in [-0.2, 0) is 0 Å². The van der Waals surface area contributed by atoms with Gasteiger partial charge >= 0.3 is 0 Å². The van der Waals surface area contributed by atoms with Crippen LogP contribution in [-0.4, -0.2) is 0 Å². The molecule has 0 saturated carbocycles. The minimum atomic E-state index is 0.879. The first kappa shape index (κ1) is 10.6. The van der Waals surface area contributed by atoms with E-state index >= 15 is 0 Å². The molecule has 0 heterocycles. The number of benzene rings is 1. The molecule has 1 aromatic carbocycles. The van der Waals surface area contributed by atoms with E-state index in [-0.39, 0.29) is 0 Å². The van der Waals surface area contributed by atoms with Gasteiger partial charge in [-0.1, -0.05) is 43.3 Å². The Balaban J connectivity index is 3.14. The van der Waals surface area contributed by atoms with E-state index in [4.69, 9.17) is 5.73 Å². The SMILES string of the molecule is C=Cc1cc(C)ccc1/C=C(/N)CC. The van der Waals surface area contributed by atoms with Gasteiger partial charge in [0.05, 0.1) is 0 Å². The summed E-state index contributed by atoms with van der Waals surface area (Å²) in [5, 5.41) is 0. The summed E-state index contributed by atoms with van der Waals surface area (Å²) in [6, 6.07) is 6.28. The number of aryl methyl sites for hydroxylation is 1. The smallest absolute Gasteiger partial charge is 0.00839 e. The normalized spacial score (nSPS) is 11.4. The monoisotopic (exact) mass is 187 g/mol.